The molecule has 0 amide bonds. The summed E-state index contributed by atoms with van der Waals surface area (Å²) >= 11 is 0. The van der Waals surface area contributed by atoms with Crippen LogP contribution < -0.4 is 9.64 Å². The van der Waals surface area contributed by atoms with Crippen molar-refractivity contribution < 1.29 is 4.74 Å². The number of fused-ring (bicyclic) bond motifs is 1. The van der Waals surface area contributed by atoms with Gasteiger partial charge in [-0.3, -0.25) is 0 Å². The predicted octanol–water partition coefficient (Wildman–Crippen LogP) is 3.60. The fraction of sp³-hybridized carbons (Fsp3) is 0.143. The molecule has 6 heteroatoms. The van der Waals surface area contributed by atoms with Crippen LogP contribution in [-0.2, 0) is 0 Å². The van der Waals surface area contributed by atoms with Gasteiger partial charge in [-0.2, -0.15) is 0 Å². The molecule has 0 spiro atoms. The lowest BCUT2D eigenvalue weighted by Gasteiger charge is -2.20. The van der Waals surface area contributed by atoms with Crippen LogP contribution in [0.1, 0.15) is 0 Å². The van der Waals surface area contributed by atoms with Crippen LogP contribution in [0.4, 0.5) is 5.82 Å². The summed E-state index contributed by atoms with van der Waals surface area (Å²) in [5, 5.41) is 1.00. The molecule has 4 aromatic rings. The maximum atomic E-state index is 5.82. The molecule has 2 heterocycles. The van der Waals surface area contributed by atoms with Crippen LogP contribution in [0.5, 0.6) is 5.75 Å². The lowest BCUT2D eigenvalue weighted by atomic mass is 10.2. The monoisotopic (exact) mass is 357 g/mol. The van der Waals surface area contributed by atoms with Gasteiger partial charge < -0.3 is 9.64 Å². The van der Waals surface area contributed by atoms with E-state index in [-0.39, 0.29) is 0 Å². The minimum atomic E-state index is 0.558. The first-order chi connectivity index (χ1) is 13.3. The molecule has 0 aliphatic carbocycles. The summed E-state index contributed by atoms with van der Waals surface area (Å²) in [6.45, 7) is 1.25. The zero-order valence-corrected chi connectivity index (χ0v) is 15.0. The molecule has 6 nitrogen and oxygen atoms in total. The molecule has 134 valence electrons. The van der Waals surface area contributed by atoms with Gasteiger partial charge in [0.15, 0.2) is 5.82 Å². The van der Waals surface area contributed by atoms with Gasteiger partial charge in [-0.15, -0.1) is 0 Å². The summed E-state index contributed by atoms with van der Waals surface area (Å²) in [6.07, 6.45) is 4.94. The summed E-state index contributed by atoms with van der Waals surface area (Å²) < 4.78 is 5.82. The summed E-state index contributed by atoms with van der Waals surface area (Å²) in [4.78, 5) is 19.7. The molecular weight excluding hydrogens is 338 g/mol. The van der Waals surface area contributed by atoms with Gasteiger partial charge in [0, 0.05) is 24.8 Å². The van der Waals surface area contributed by atoms with Crippen molar-refractivity contribution in [3.05, 3.63) is 73.3 Å². The number of ether oxygens (including phenoxy) is 1. The summed E-state index contributed by atoms with van der Waals surface area (Å²) in [7, 11) is 2.01. The zero-order valence-electron chi connectivity index (χ0n) is 15.0. The molecule has 0 fully saturated rings. The third-order valence-electron chi connectivity index (χ3n) is 4.20. The molecule has 27 heavy (non-hydrogen) atoms. The Labute approximate surface area is 157 Å². The van der Waals surface area contributed by atoms with Crippen molar-refractivity contribution in [2.75, 3.05) is 25.1 Å². The summed E-state index contributed by atoms with van der Waals surface area (Å²) in [5.41, 5.74) is 1.68. The molecule has 0 unspecified atom stereocenters. The van der Waals surface area contributed by atoms with E-state index in [0.717, 1.165) is 28.0 Å². The van der Waals surface area contributed by atoms with Gasteiger partial charge in [0.2, 0.25) is 0 Å². The predicted molar refractivity (Wildman–Crippen MR) is 106 cm³/mol. The van der Waals surface area contributed by atoms with Crippen LogP contribution >= 0.6 is 0 Å². The second kappa shape index (κ2) is 7.78. The maximum absolute atomic E-state index is 5.82. The minimum Gasteiger partial charge on any atom is -0.492 e. The van der Waals surface area contributed by atoms with E-state index in [1.807, 2.05) is 61.6 Å². The Kier molecular flexibility index (Phi) is 4.87. The zero-order chi connectivity index (χ0) is 18.5. The average Bonchev–Trinajstić information content (AvgIpc) is 2.74. The molecule has 0 saturated carbocycles. The molecule has 0 radical (unpaired) electrons. The normalized spacial score (nSPS) is 10.7. The third kappa shape index (κ3) is 3.84. The van der Waals surface area contributed by atoms with E-state index < -0.39 is 0 Å². The number of hydrogen-bond acceptors (Lipinski definition) is 6. The molecule has 4 rings (SSSR count). The van der Waals surface area contributed by atoms with Gasteiger partial charge in [0.1, 0.15) is 24.5 Å². The molecule has 0 atom stereocenters. The smallest absolute Gasteiger partial charge is 0.165 e. The first-order valence-corrected chi connectivity index (χ1v) is 8.72. The lowest BCUT2D eigenvalue weighted by Crippen LogP contribution is -2.25. The number of para-hydroxylation sites is 2. The average molecular weight is 357 g/mol. The Bertz CT molecular complexity index is 1020. The van der Waals surface area contributed by atoms with E-state index in [4.69, 9.17) is 9.72 Å². The molecule has 2 aromatic heterocycles. The minimum absolute atomic E-state index is 0.558. The molecule has 0 aliphatic rings. The summed E-state index contributed by atoms with van der Waals surface area (Å²) in [6, 6.07) is 17.8. The number of likely N-dealkylation sites (N-methyl/N-ethyl adjacent to an activating group) is 1. The highest BCUT2D eigenvalue weighted by molar-refractivity contribution is 5.90. The SMILES string of the molecule is CN(CCOc1ccccc1)c1nc(-c2cncnc2)nc2ccccc12. The Hall–Kier alpha value is -3.54. The van der Waals surface area contributed by atoms with E-state index in [2.05, 4.69) is 19.9 Å². The fourth-order valence-electron chi connectivity index (χ4n) is 2.82. The second-order valence-electron chi connectivity index (χ2n) is 6.10. The number of aromatic nitrogens is 4. The molecule has 0 aliphatic heterocycles. The van der Waals surface area contributed by atoms with Crippen molar-refractivity contribution in [2.24, 2.45) is 0 Å². The molecular formula is C21H19N5O. The van der Waals surface area contributed by atoms with Crippen molar-refractivity contribution in [3.8, 4) is 17.1 Å². The van der Waals surface area contributed by atoms with E-state index >= 15 is 0 Å². The first kappa shape index (κ1) is 16.9. The van der Waals surface area contributed by atoms with Crippen molar-refractivity contribution in [2.45, 2.75) is 0 Å². The standard InChI is InChI=1S/C21H19N5O/c1-26(11-12-27-17-7-3-2-4-8-17)21-18-9-5-6-10-19(18)24-20(25-21)16-13-22-15-23-14-16/h2-10,13-15H,11-12H2,1H3. The Balaban J connectivity index is 1.61. The number of anilines is 1. The second-order valence-corrected chi connectivity index (χ2v) is 6.10. The van der Waals surface area contributed by atoms with Crippen LogP contribution in [0.3, 0.4) is 0 Å². The van der Waals surface area contributed by atoms with Gasteiger partial charge in [0.25, 0.3) is 0 Å². The van der Waals surface area contributed by atoms with Crippen molar-refractivity contribution in [1.82, 2.24) is 19.9 Å². The lowest BCUT2D eigenvalue weighted by molar-refractivity contribution is 0.326. The van der Waals surface area contributed by atoms with Crippen LogP contribution in [-0.4, -0.2) is 40.1 Å². The van der Waals surface area contributed by atoms with E-state index in [1.54, 1.807) is 12.4 Å². The van der Waals surface area contributed by atoms with Gasteiger partial charge in [-0.05, 0) is 24.3 Å². The molecule has 2 aromatic carbocycles. The quantitative estimate of drug-likeness (QED) is 0.525. The molecule has 0 bridgehead atoms. The molecule has 0 N–H and O–H groups in total. The summed E-state index contributed by atoms with van der Waals surface area (Å²) in [5.74, 6) is 2.33. The van der Waals surface area contributed by atoms with Gasteiger partial charge in [-0.25, -0.2) is 19.9 Å². The van der Waals surface area contributed by atoms with Crippen molar-refractivity contribution in [1.29, 1.82) is 0 Å². The van der Waals surface area contributed by atoms with Crippen LogP contribution in [0.2, 0.25) is 0 Å². The Morgan fingerprint density at radius 2 is 1.63 bits per heavy atom. The Morgan fingerprint density at radius 1 is 0.889 bits per heavy atom. The van der Waals surface area contributed by atoms with Crippen molar-refractivity contribution >= 4 is 16.7 Å². The fourth-order valence-corrected chi connectivity index (χ4v) is 2.82. The van der Waals surface area contributed by atoms with Gasteiger partial charge >= 0.3 is 0 Å². The maximum Gasteiger partial charge on any atom is 0.165 e. The first-order valence-electron chi connectivity index (χ1n) is 8.72. The number of hydrogen-bond donors (Lipinski definition) is 0. The largest absolute Gasteiger partial charge is 0.492 e. The van der Waals surface area contributed by atoms with E-state index in [1.165, 1.54) is 6.33 Å². The number of nitrogens with zero attached hydrogens (tertiary/aromatic N) is 5. The van der Waals surface area contributed by atoms with Crippen LogP contribution in [0.15, 0.2) is 73.3 Å². The number of rotatable bonds is 6. The van der Waals surface area contributed by atoms with Crippen LogP contribution in [0, 0.1) is 0 Å². The van der Waals surface area contributed by atoms with Crippen molar-refractivity contribution in [3.63, 3.8) is 0 Å². The van der Waals surface area contributed by atoms with Gasteiger partial charge in [0.05, 0.1) is 17.6 Å². The van der Waals surface area contributed by atoms with Crippen LogP contribution in [0.25, 0.3) is 22.3 Å². The molecule has 0 saturated heterocycles. The third-order valence-corrected chi connectivity index (χ3v) is 4.20. The topological polar surface area (TPSA) is 64.0 Å². The highest BCUT2D eigenvalue weighted by Gasteiger charge is 2.13. The van der Waals surface area contributed by atoms with E-state index in [9.17, 15) is 0 Å². The van der Waals surface area contributed by atoms with E-state index in [0.29, 0.717) is 19.0 Å². The highest BCUT2D eigenvalue weighted by atomic mass is 16.5. The Morgan fingerprint density at radius 3 is 2.44 bits per heavy atom. The highest BCUT2D eigenvalue weighted by Crippen LogP contribution is 2.26. The number of benzene rings is 2. The van der Waals surface area contributed by atoms with Gasteiger partial charge in [-0.1, -0.05) is 30.3 Å².